The smallest absolute Gasteiger partial charge is 0.0468 e. The van der Waals surface area contributed by atoms with Crippen molar-refractivity contribution in [2.24, 2.45) is 0 Å². The van der Waals surface area contributed by atoms with Crippen molar-refractivity contribution in [1.82, 2.24) is 0 Å². The SMILES string of the molecule is C1=c2ccccc2=C(c2c3cc(N(c4ccccc4)c4ccccc4)ccc3c(-c3cccc4ccccc34)c3cc(N(c4ccccc4)c4ccc5ccccc5c4)ccc23)CC1. The van der Waals surface area contributed by atoms with E-state index >= 15 is 0 Å². The lowest BCUT2D eigenvalue weighted by atomic mass is 9.82. The van der Waals surface area contributed by atoms with Crippen LogP contribution in [0.4, 0.5) is 34.1 Å². The van der Waals surface area contributed by atoms with Crippen molar-refractivity contribution in [3.8, 4) is 11.1 Å². The number of nitrogens with zero attached hydrogens (tertiary/aromatic N) is 2. The van der Waals surface area contributed by atoms with Gasteiger partial charge in [0.15, 0.2) is 0 Å². The Kier molecular flexibility index (Phi) is 9.34. The number of fused-ring (bicyclic) bond motifs is 5. The molecule has 0 unspecified atom stereocenters. The van der Waals surface area contributed by atoms with Crippen molar-refractivity contribution < 1.29 is 0 Å². The van der Waals surface area contributed by atoms with Gasteiger partial charge >= 0.3 is 0 Å². The van der Waals surface area contributed by atoms with Gasteiger partial charge in [-0.25, -0.2) is 0 Å². The summed E-state index contributed by atoms with van der Waals surface area (Å²) in [5, 5.41) is 12.5. The minimum atomic E-state index is 0.953. The molecule has 2 nitrogen and oxygen atoms in total. The van der Waals surface area contributed by atoms with Gasteiger partial charge in [-0.05, 0) is 161 Å². The summed E-state index contributed by atoms with van der Waals surface area (Å²) < 4.78 is 0. The average Bonchev–Trinajstić information content (AvgIpc) is 3.36. The van der Waals surface area contributed by atoms with Gasteiger partial charge in [-0.1, -0.05) is 170 Å². The topological polar surface area (TPSA) is 6.48 Å². The van der Waals surface area contributed by atoms with Gasteiger partial charge in [-0.3, -0.25) is 0 Å². The minimum Gasteiger partial charge on any atom is -0.310 e. The summed E-state index contributed by atoms with van der Waals surface area (Å²) in [5.74, 6) is 0. The lowest BCUT2D eigenvalue weighted by molar-refractivity contribution is 1.08. The first-order valence-electron chi connectivity index (χ1n) is 22.3. The first-order valence-corrected chi connectivity index (χ1v) is 22.3. The van der Waals surface area contributed by atoms with Crippen LogP contribution in [0.2, 0.25) is 0 Å². The summed E-state index contributed by atoms with van der Waals surface area (Å²) in [6.07, 6.45) is 4.35. The van der Waals surface area contributed by atoms with Crippen LogP contribution in [0.3, 0.4) is 0 Å². The summed E-state index contributed by atoms with van der Waals surface area (Å²) in [7, 11) is 0. The first-order chi connectivity index (χ1) is 31.8. The molecule has 64 heavy (non-hydrogen) atoms. The zero-order valence-corrected chi connectivity index (χ0v) is 35.4. The maximum Gasteiger partial charge on any atom is 0.0468 e. The van der Waals surface area contributed by atoms with E-state index in [0.717, 1.165) is 47.0 Å². The lowest BCUT2D eigenvalue weighted by Gasteiger charge is -2.29. The number of para-hydroxylation sites is 3. The van der Waals surface area contributed by atoms with E-state index in [2.05, 4.69) is 252 Å². The van der Waals surface area contributed by atoms with Gasteiger partial charge in [-0.2, -0.15) is 0 Å². The third-order valence-corrected chi connectivity index (χ3v) is 13.0. The number of rotatable bonds is 8. The van der Waals surface area contributed by atoms with Gasteiger partial charge in [0, 0.05) is 34.1 Å². The molecule has 1 aliphatic carbocycles. The van der Waals surface area contributed by atoms with E-state index in [9.17, 15) is 0 Å². The summed E-state index contributed by atoms with van der Waals surface area (Å²) in [4.78, 5) is 4.81. The fourth-order valence-corrected chi connectivity index (χ4v) is 10.2. The first kappa shape index (κ1) is 37.6. The van der Waals surface area contributed by atoms with E-state index in [1.165, 1.54) is 75.8 Å². The molecule has 11 aromatic rings. The second kappa shape index (κ2) is 15.9. The summed E-state index contributed by atoms with van der Waals surface area (Å²) in [6.45, 7) is 0. The fourth-order valence-electron chi connectivity index (χ4n) is 10.2. The van der Waals surface area contributed by atoms with Gasteiger partial charge in [-0.15, -0.1) is 0 Å². The van der Waals surface area contributed by atoms with Crippen molar-refractivity contribution in [3.05, 3.63) is 253 Å². The molecule has 0 aromatic heterocycles. The van der Waals surface area contributed by atoms with E-state index in [-0.39, 0.29) is 0 Å². The van der Waals surface area contributed by atoms with Crippen LogP contribution in [-0.2, 0) is 0 Å². The van der Waals surface area contributed by atoms with Gasteiger partial charge in [0.25, 0.3) is 0 Å². The van der Waals surface area contributed by atoms with Gasteiger partial charge in [0.1, 0.15) is 0 Å². The second-order valence-corrected chi connectivity index (χ2v) is 16.8. The van der Waals surface area contributed by atoms with Gasteiger partial charge < -0.3 is 9.80 Å². The quantitative estimate of drug-likeness (QED) is 0.141. The molecule has 0 amide bonds. The Balaban J connectivity index is 1.23. The summed E-state index contributed by atoms with van der Waals surface area (Å²) in [5.41, 5.74) is 11.9. The molecule has 0 N–H and O–H groups in total. The molecule has 302 valence electrons. The Morgan fingerprint density at radius 1 is 0.297 bits per heavy atom. The van der Waals surface area contributed by atoms with Crippen molar-refractivity contribution in [2.45, 2.75) is 12.8 Å². The highest BCUT2D eigenvalue weighted by atomic mass is 15.1. The highest BCUT2D eigenvalue weighted by Gasteiger charge is 2.24. The van der Waals surface area contributed by atoms with Gasteiger partial charge in [0.2, 0.25) is 0 Å². The molecule has 0 heterocycles. The highest BCUT2D eigenvalue weighted by Crippen LogP contribution is 2.48. The Bertz CT molecular complexity index is 3630. The molecule has 2 heteroatoms. The number of anilines is 6. The van der Waals surface area contributed by atoms with E-state index in [1.807, 2.05) is 0 Å². The third-order valence-electron chi connectivity index (χ3n) is 13.0. The highest BCUT2D eigenvalue weighted by molar-refractivity contribution is 6.22. The Morgan fingerprint density at radius 3 is 1.48 bits per heavy atom. The second-order valence-electron chi connectivity index (χ2n) is 16.8. The summed E-state index contributed by atoms with van der Waals surface area (Å²) in [6, 6.07) is 86.8. The van der Waals surface area contributed by atoms with E-state index in [4.69, 9.17) is 0 Å². The average molecular weight is 817 g/mol. The molecule has 0 fully saturated rings. The normalized spacial score (nSPS) is 12.3. The molecular weight excluding hydrogens is 773 g/mol. The number of hydrogen-bond acceptors (Lipinski definition) is 2. The van der Waals surface area contributed by atoms with Crippen LogP contribution in [0.15, 0.2) is 237 Å². The maximum absolute atomic E-state index is 2.47. The zero-order valence-electron chi connectivity index (χ0n) is 35.4. The fraction of sp³-hybridized carbons (Fsp3) is 0.0323. The Hall–Kier alpha value is -8.20. The Morgan fingerprint density at radius 2 is 0.797 bits per heavy atom. The summed E-state index contributed by atoms with van der Waals surface area (Å²) >= 11 is 0. The van der Waals surface area contributed by atoms with Crippen molar-refractivity contribution in [3.63, 3.8) is 0 Å². The predicted octanol–water partition coefficient (Wildman–Crippen LogP) is 15.7. The van der Waals surface area contributed by atoms with E-state index in [0.29, 0.717) is 0 Å². The molecule has 0 radical (unpaired) electrons. The molecule has 0 saturated heterocycles. The largest absolute Gasteiger partial charge is 0.310 e. The monoisotopic (exact) mass is 816 g/mol. The van der Waals surface area contributed by atoms with Crippen molar-refractivity contribution in [2.75, 3.05) is 9.80 Å². The molecule has 0 atom stereocenters. The van der Waals surface area contributed by atoms with Crippen LogP contribution in [0.25, 0.3) is 65.9 Å². The van der Waals surface area contributed by atoms with Crippen LogP contribution in [0.5, 0.6) is 0 Å². The number of hydrogen-bond donors (Lipinski definition) is 0. The predicted molar refractivity (Wildman–Crippen MR) is 273 cm³/mol. The molecule has 0 aliphatic heterocycles. The van der Waals surface area contributed by atoms with E-state index < -0.39 is 0 Å². The van der Waals surface area contributed by atoms with Gasteiger partial charge in [0.05, 0.1) is 0 Å². The third kappa shape index (κ3) is 6.51. The van der Waals surface area contributed by atoms with Crippen LogP contribution in [0.1, 0.15) is 18.4 Å². The van der Waals surface area contributed by atoms with Crippen LogP contribution >= 0.6 is 0 Å². The molecule has 1 aliphatic rings. The van der Waals surface area contributed by atoms with Crippen LogP contribution < -0.4 is 20.2 Å². The van der Waals surface area contributed by atoms with E-state index in [1.54, 1.807) is 0 Å². The zero-order chi connectivity index (χ0) is 42.4. The molecule has 12 rings (SSSR count). The molecule has 0 saturated carbocycles. The van der Waals surface area contributed by atoms with Crippen molar-refractivity contribution >= 4 is 88.9 Å². The molecule has 0 bridgehead atoms. The van der Waals surface area contributed by atoms with Crippen LogP contribution in [-0.4, -0.2) is 0 Å². The maximum atomic E-state index is 2.47. The lowest BCUT2D eigenvalue weighted by Crippen LogP contribution is -2.29. The standard InChI is InChI=1S/C62H44N2/c1-4-24-47(25-5-1)63(48-26-6-2-7-27-48)51-36-38-57-59(41-51)61(55-32-16-22-44-19-12-14-30-53(44)55)58-39-37-52(42-60(58)62(57)56-33-17-23-45-20-13-15-31-54(45)56)64(49-28-8-3-9-29-49)50-35-34-43-18-10-11-21-46(43)40-50/h1-15,17-31,33-42H,16,32H2. The minimum absolute atomic E-state index is 0.953. The van der Waals surface area contributed by atoms with Crippen LogP contribution in [0, 0.1) is 0 Å². The Labute approximate surface area is 373 Å². The number of benzene rings is 11. The van der Waals surface area contributed by atoms with Crippen molar-refractivity contribution in [1.29, 1.82) is 0 Å². The molecular formula is C62H44N2. The molecule has 11 aromatic carbocycles. The molecule has 0 spiro atoms.